The minimum Gasteiger partial charge on any atom is -0.349 e. The molecule has 0 bridgehead atoms. The molecule has 1 amide bonds. The third-order valence-electron chi connectivity index (χ3n) is 3.53. The first-order valence-electron chi connectivity index (χ1n) is 6.32. The summed E-state index contributed by atoms with van der Waals surface area (Å²) >= 11 is 0. The van der Waals surface area contributed by atoms with Crippen LogP contribution in [-0.4, -0.2) is 11.9 Å². The summed E-state index contributed by atoms with van der Waals surface area (Å²) in [6, 6.07) is 3.13. The lowest BCUT2D eigenvalue weighted by molar-refractivity contribution is 0.0919. The van der Waals surface area contributed by atoms with Gasteiger partial charge >= 0.3 is 0 Å². The van der Waals surface area contributed by atoms with E-state index in [1.807, 2.05) is 0 Å². The molecule has 1 saturated carbocycles. The molecule has 0 radical (unpaired) electrons. The highest BCUT2D eigenvalue weighted by atomic mass is 19.1. The van der Waals surface area contributed by atoms with Gasteiger partial charge < -0.3 is 5.32 Å². The number of halogens is 2. The second-order valence-electron chi connectivity index (χ2n) is 5.05. The summed E-state index contributed by atoms with van der Waals surface area (Å²) in [6.07, 6.45) is 4.01. The van der Waals surface area contributed by atoms with Gasteiger partial charge in [0.2, 0.25) is 0 Å². The van der Waals surface area contributed by atoms with Crippen molar-refractivity contribution in [3.63, 3.8) is 0 Å². The Morgan fingerprint density at radius 3 is 2.50 bits per heavy atom. The first-order valence-corrected chi connectivity index (χ1v) is 6.32. The molecule has 0 spiro atoms. The van der Waals surface area contributed by atoms with Crippen molar-refractivity contribution in [1.29, 1.82) is 0 Å². The maximum atomic E-state index is 13.4. The molecule has 0 unspecified atom stereocenters. The number of carbonyl (C=O) groups excluding carboxylic acids is 1. The molecule has 18 heavy (non-hydrogen) atoms. The number of hydrogen-bond donors (Lipinski definition) is 1. The Kier molecular flexibility index (Phi) is 3.94. The summed E-state index contributed by atoms with van der Waals surface area (Å²) in [4.78, 5) is 11.9. The van der Waals surface area contributed by atoms with E-state index in [1.165, 1.54) is 6.07 Å². The van der Waals surface area contributed by atoms with Crippen LogP contribution in [0.3, 0.4) is 0 Å². The first-order chi connectivity index (χ1) is 8.56. The quantitative estimate of drug-likeness (QED) is 0.861. The smallest absolute Gasteiger partial charge is 0.254 e. The molecule has 1 aliphatic carbocycles. The van der Waals surface area contributed by atoms with Gasteiger partial charge in [-0.2, -0.15) is 0 Å². The van der Waals surface area contributed by atoms with Gasteiger partial charge in [-0.05, 0) is 43.7 Å². The summed E-state index contributed by atoms with van der Waals surface area (Å²) in [5.74, 6) is -1.24. The van der Waals surface area contributed by atoms with Gasteiger partial charge in [0.25, 0.3) is 5.91 Å². The fourth-order valence-corrected chi connectivity index (χ4v) is 2.34. The van der Waals surface area contributed by atoms with Crippen LogP contribution in [0, 0.1) is 17.6 Å². The predicted molar refractivity (Wildman–Crippen MR) is 65.2 cm³/mol. The van der Waals surface area contributed by atoms with Gasteiger partial charge in [-0.15, -0.1) is 0 Å². The van der Waals surface area contributed by atoms with Crippen LogP contribution >= 0.6 is 0 Å². The lowest BCUT2D eigenvalue weighted by atomic mass is 9.87. The molecule has 0 heterocycles. The Hall–Kier alpha value is -1.45. The van der Waals surface area contributed by atoms with Gasteiger partial charge in [-0.25, -0.2) is 8.78 Å². The van der Waals surface area contributed by atoms with Crippen molar-refractivity contribution in [2.75, 3.05) is 0 Å². The zero-order valence-corrected chi connectivity index (χ0v) is 10.4. The molecule has 1 N–H and O–H groups in total. The van der Waals surface area contributed by atoms with E-state index in [-0.39, 0.29) is 11.6 Å². The Morgan fingerprint density at radius 1 is 1.22 bits per heavy atom. The van der Waals surface area contributed by atoms with Crippen molar-refractivity contribution in [3.05, 3.63) is 35.4 Å². The van der Waals surface area contributed by atoms with Crippen molar-refractivity contribution in [2.24, 2.45) is 5.92 Å². The molecule has 1 aliphatic rings. The Bertz CT molecular complexity index is 439. The van der Waals surface area contributed by atoms with E-state index >= 15 is 0 Å². The van der Waals surface area contributed by atoms with Gasteiger partial charge in [-0.3, -0.25) is 4.79 Å². The lowest BCUT2D eigenvalue weighted by Crippen LogP contribution is -2.37. The van der Waals surface area contributed by atoms with E-state index in [4.69, 9.17) is 0 Å². The van der Waals surface area contributed by atoms with Gasteiger partial charge in [-0.1, -0.05) is 6.92 Å². The molecule has 0 saturated heterocycles. The van der Waals surface area contributed by atoms with E-state index in [9.17, 15) is 13.6 Å². The molecule has 1 aromatic rings. The third kappa shape index (κ3) is 3.06. The predicted octanol–water partition coefficient (Wildman–Crippen LogP) is 3.27. The highest BCUT2D eigenvalue weighted by Crippen LogP contribution is 2.23. The van der Waals surface area contributed by atoms with Gasteiger partial charge in [0.05, 0.1) is 5.56 Å². The molecule has 98 valence electrons. The molecule has 0 atom stereocenters. The van der Waals surface area contributed by atoms with E-state index in [2.05, 4.69) is 12.2 Å². The number of nitrogens with one attached hydrogen (secondary N) is 1. The van der Waals surface area contributed by atoms with Crippen molar-refractivity contribution >= 4 is 5.91 Å². The molecule has 1 aromatic carbocycles. The Morgan fingerprint density at radius 2 is 1.89 bits per heavy atom. The van der Waals surface area contributed by atoms with E-state index in [1.54, 1.807) is 0 Å². The maximum absolute atomic E-state index is 13.4. The Balaban J connectivity index is 1.99. The molecule has 2 rings (SSSR count). The maximum Gasteiger partial charge on any atom is 0.254 e. The number of hydrogen-bond acceptors (Lipinski definition) is 1. The summed E-state index contributed by atoms with van der Waals surface area (Å²) in [5.41, 5.74) is -0.0879. The highest BCUT2D eigenvalue weighted by Gasteiger charge is 2.21. The number of amides is 1. The Labute approximate surface area is 105 Å². The van der Waals surface area contributed by atoms with E-state index in [0.29, 0.717) is 5.92 Å². The fourth-order valence-electron chi connectivity index (χ4n) is 2.34. The topological polar surface area (TPSA) is 29.1 Å². The molecular formula is C14H17F2NO. The van der Waals surface area contributed by atoms with Crippen LogP contribution < -0.4 is 5.32 Å². The third-order valence-corrected chi connectivity index (χ3v) is 3.53. The van der Waals surface area contributed by atoms with Crippen LogP contribution in [-0.2, 0) is 0 Å². The summed E-state index contributed by atoms with van der Waals surface area (Å²) < 4.78 is 26.2. The molecular weight excluding hydrogens is 236 g/mol. The second kappa shape index (κ2) is 5.46. The summed E-state index contributed by atoms with van der Waals surface area (Å²) in [7, 11) is 0. The monoisotopic (exact) mass is 253 g/mol. The molecule has 1 fully saturated rings. The molecule has 4 heteroatoms. The summed E-state index contributed by atoms with van der Waals surface area (Å²) in [5, 5.41) is 2.81. The number of benzene rings is 1. The SMILES string of the molecule is CC1CCC(NC(=O)c2ccc(F)cc2F)CC1. The van der Waals surface area contributed by atoms with Crippen LogP contribution in [0.15, 0.2) is 18.2 Å². The van der Waals surface area contributed by atoms with Gasteiger partial charge in [0, 0.05) is 12.1 Å². The summed E-state index contributed by atoms with van der Waals surface area (Å²) in [6.45, 7) is 2.19. The van der Waals surface area contributed by atoms with E-state index < -0.39 is 17.5 Å². The van der Waals surface area contributed by atoms with Crippen molar-refractivity contribution in [2.45, 2.75) is 38.6 Å². The molecule has 0 aliphatic heterocycles. The minimum absolute atomic E-state index is 0.0879. The van der Waals surface area contributed by atoms with Crippen LogP contribution in [0.5, 0.6) is 0 Å². The second-order valence-corrected chi connectivity index (χ2v) is 5.05. The normalized spacial score (nSPS) is 23.7. The largest absolute Gasteiger partial charge is 0.349 e. The average Bonchev–Trinajstić information content (AvgIpc) is 2.32. The van der Waals surface area contributed by atoms with Crippen molar-refractivity contribution in [1.82, 2.24) is 5.32 Å². The van der Waals surface area contributed by atoms with Crippen LogP contribution in [0.4, 0.5) is 8.78 Å². The lowest BCUT2D eigenvalue weighted by Gasteiger charge is -2.26. The van der Waals surface area contributed by atoms with Crippen LogP contribution in [0.1, 0.15) is 43.0 Å². The van der Waals surface area contributed by atoms with Gasteiger partial charge in [0.1, 0.15) is 11.6 Å². The van der Waals surface area contributed by atoms with Gasteiger partial charge in [0.15, 0.2) is 0 Å². The molecule has 2 nitrogen and oxygen atoms in total. The van der Waals surface area contributed by atoms with Crippen molar-refractivity contribution in [3.8, 4) is 0 Å². The zero-order valence-electron chi connectivity index (χ0n) is 10.4. The number of carbonyl (C=O) groups is 1. The van der Waals surface area contributed by atoms with Crippen molar-refractivity contribution < 1.29 is 13.6 Å². The first kappa shape index (κ1) is 13.0. The minimum atomic E-state index is -0.809. The fraction of sp³-hybridized carbons (Fsp3) is 0.500. The molecule has 0 aromatic heterocycles. The van der Waals surface area contributed by atoms with Crippen LogP contribution in [0.2, 0.25) is 0 Å². The van der Waals surface area contributed by atoms with Crippen LogP contribution in [0.25, 0.3) is 0 Å². The van der Waals surface area contributed by atoms with E-state index in [0.717, 1.165) is 37.8 Å². The number of rotatable bonds is 2. The standard InChI is InChI=1S/C14H17F2NO/c1-9-2-5-11(6-3-9)17-14(18)12-7-4-10(15)8-13(12)16/h4,7-9,11H,2-3,5-6H2,1H3,(H,17,18). The highest BCUT2D eigenvalue weighted by molar-refractivity contribution is 5.94. The zero-order chi connectivity index (χ0) is 13.1. The average molecular weight is 253 g/mol.